The van der Waals surface area contributed by atoms with Crippen molar-refractivity contribution in [3.8, 4) is 28.6 Å². The zero-order valence-corrected chi connectivity index (χ0v) is 26.8. The van der Waals surface area contributed by atoms with Gasteiger partial charge in [-0.25, -0.2) is 4.79 Å². The summed E-state index contributed by atoms with van der Waals surface area (Å²) < 4.78 is 25.9. The van der Waals surface area contributed by atoms with E-state index in [1.54, 1.807) is 43.3 Å². The van der Waals surface area contributed by atoms with E-state index in [-0.39, 0.29) is 57.0 Å². The molecular weight excluding hydrogens is 637 g/mol. The highest BCUT2D eigenvalue weighted by atomic mass is 35.5. The minimum atomic E-state index is -2.03. The van der Waals surface area contributed by atoms with Gasteiger partial charge in [-0.3, -0.25) is 23.5 Å². The van der Waals surface area contributed by atoms with Gasteiger partial charge in [0.15, 0.2) is 5.75 Å². The van der Waals surface area contributed by atoms with Crippen LogP contribution in [0.25, 0.3) is 11.3 Å². The van der Waals surface area contributed by atoms with Gasteiger partial charge in [0.05, 0.1) is 25.7 Å². The van der Waals surface area contributed by atoms with Gasteiger partial charge in [-0.15, -0.1) is 0 Å². The Morgan fingerprint density at radius 1 is 0.935 bits per heavy atom. The van der Waals surface area contributed by atoms with Crippen LogP contribution in [0.5, 0.6) is 17.2 Å². The Bertz CT molecular complexity index is 2160. The van der Waals surface area contributed by atoms with E-state index in [1.807, 2.05) is 0 Å². The first kappa shape index (κ1) is 29.9. The summed E-state index contributed by atoms with van der Waals surface area (Å²) in [6, 6.07) is 11.9. The second-order valence-electron chi connectivity index (χ2n) is 11.5. The van der Waals surface area contributed by atoms with Gasteiger partial charge < -0.3 is 23.9 Å². The largest absolute Gasteiger partial charge is 0.496 e. The Morgan fingerprint density at radius 3 is 2.30 bits per heavy atom. The smallest absolute Gasteiger partial charge is 0.332 e. The third kappa shape index (κ3) is 3.91. The molecule has 13 heteroatoms. The number of anilines is 1. The summed E-state index contributed by atoms with van der Waals surface area (Å²) in [5, 5.41) is 3.76. The Morgan fingerprint density at radius 2 is 1.63 bits per heavy atom. The number of aromatic nitrogens is 2. The summed E-state index contributed by atoms with van der Waals surface area (Å²) in [6.45, 7) is 1.73. The van der Waals surface area contributed by atoms with Gasteiger partial charge in [-0.05, 0) is 42.8 Å². The van der Waals surface area contributed by atoms with Crippen molar-refractivity contribution in [2.24, 2.45) is 20.0 Å². The Kier molecular flexibility index (Phi) is 6.77. The number of fused-ring (bicyclic) bond motifs is 2. The molecule has 0 bridgehead atoms. The van der Waals surface area contributed by atoms with Crippen molar-refractivity contribution in [3.63, 3.8) is 0 Å². The highest BCUT2D eigenvalue weighted by molar-refractivity contribution is 6.36. The molecule has 46 heavy (non-hydrogen) atoms. The normalized spacial score (nSPS) is 21.5. The molecular formula is C33H27Cl2N3O8. The molecule has 0 unspecified atom stereocenters. The van der Waals surface area contributed by atoms with E-state index < -0.39 is 40.3 Å². The molecule has 7 rings (SSSR count). The van der Waals surface area contributed by atoms with E-state index >= 15 is 4.79 Å². The van der Waals surface area contributed by atoms with E-state index in [2.05, 4.69) is 5.32 Å². The lowest BCUT2D eigenvalue weighted by molar-refractivity contribution is -0.130. The Labute approximate surface area is 271 Å². The van der Waals surface area contributed by atoms with Crippen LogP contribution in [0.15, 0.2) is 67.7 Å². The first-order valence-electron chi connectivity index (χ1n) is 14.3. The van der Waals surface area contributed by atoms with Crippen molar-refractivity contribution < 1.29 is 28.2 Å². The quantitative estimate of drug-likeness (QED) is 0.296. The number of benzene rings is 2. The molecule has 0 radical (unpaired) electrons. The average Bonchev–Trinajstić information content (AvgIpc) is 3.66. The molecule has 0 saturated carbocycles. The summed E-state index contributed by atoms with van der Waals surface area (Å²) in [7, 11) is 5.70. The van der Waals surface area contributed by atoms with Gasteiger partial charge in [0.1, 0.15) is 39.4 Å². The third-order valence-corrected chi connectivity index (χ3v) is 9.73. The molecule has 3 aliphatic rings. The monoisotopic (exact) mass is 663 g/mol. The molecule has 11 nitrogen and oxygen atoms in total. The summed E-state index contributed by atoms with van der Waals surface area (Å²) in [6.07, 6.45) is 0.155. The van der Waals surface area contributed by atoms with E-state index in [4.69, 9.17) is 41.8 Å². The molecule has 2 aromatic carbocycles. The molecule has 2 aliphatic heterocycles. The van der Waals surface area contributed by atoms with Gasteiger partial charge in [0.25, 0.3) is 5.56 Å². The van der Waals surface area contributed by atoms with Crippen molar-refractivity contribution in [2.75, 3.05) is 19.5 Å². The predicted molar refractivity (Wildman–Crippen MR) is 170 cm³/mol. The fourth-order valence-corrected chi connectivity index (χ4v) is 7.14. The van der Waals surface area contributed by atoms with Crippen LogP contribution in [0.1, 0.15) is 40.9 Å². The van der Waals surface area contributed by atoms with Crippen LogP contribution in [-0.4, -0.2) is 40.5 Å². The number of Topliss-reactive ketones (excluding diaryl/α,β-unsaturated/α-hetero) is 2. The maximum Gasteiger partial charge on any atom is 0.332 e. The maximum atomic E-state index is 15.0. The molecule has 1 N–H and O–H groups in total. The average molecular weight is 664 g/mol. The number of rotatable bonds is 4. The standard InChI is InChI=1S/C33H27Cl2N3O8/c1-14-12-17-22(28(39)33(14)29(40)24-20(43-4)13-21(44-5)26(35)27(24)46-33)23(25-30(36-17)37(2)32(42)38(3)31(25)41)19-11-10-18(45-19)15-6-8-16(34)9-7-15/h6-11,13-14,23,36H,12H2,1-5H3/t14-,23+,33+/m1/s1. The number of carbonyl (C=O) groups is 2. The number of ether oxygens (including phenoxy) is 3. The molecule has 0 fully saturated rings. The van der Waals surface area contributed by atoms with Gasteiger partial charge >= 0.3 is 5.69 Å². The summed E-state index contributed by atoms with van der Waals surface area (Å²) in [5.41, 5.74) is -1.79. The lowest BCUT2D eigenvalue weighted by atomic mass is 9.66. The van der Waals surface area contributed by atoms with Crippen LogP contribution in [0, 0.1) is 5.92 Å². The van der Waals surface area contributed by atoms with Crippen molar-refractivity contribution in [1.82, 2.24) is 9.13 Å². The Hall–Kier alpha value is -4.74. The topological polar surface area (TPSA) is 131 Å². The number of hydrogen-bond acceptors (Lipinski definition) is 9. The first-order valence-corrected chi connectivity index (χ1v) is 15.1. The number of nitrogens with zero attached hydrogens (tertiary/aromatic N) is 2. The van der Waals surface area contributed by atoms with E-state index in [0.717, 1.165) is 4.57 Å². The minimum absolute atomic E-state index is 0.0193. The molecule has 1 aliphatic carbocycles. The summed E-state index contributed by atoms with van der Waals surface area (Å²) >= 11 is 12.7. The van der Waals surface area contributed by atoms with Crippen molar-refractivity contribution in [2.45, 2.75) is 24.9 Å². The van der Waals surface area contributed by atoms with Gasteiger partial charge in [-0.1, -0.05) is 30.1 Å². The summed E-state index contributed by atoms with van der Waals surface area (Å²) in [4.78, 5) is 56.3. The van der Waals surface area contributed by atoms with Crippen LogP contribution in [0.2, 0.25) is 10.0 Å². The molecule has 0 amide bonds. The number of halogens is 2. The second kappa shape index (κ2) is 10.4. The minimum Gasteiger partial charge on any atom is -0.496 e. The lowest BCUT2D eigenvalue weighted by Gasteiger charge is -2.42. The number of methoxy groups -OCH3 is 2. The third-order valence-electron chi connectivity index (χ3n) is 9.12. The predicted octanol–water partition coefficient (Wildman–Crippen LogP) is 5.10. The van der Waals surface area contributed by atoms with Gasteiger partial charge in [0, 0.05) is 47.9 Å². The highest BCUT2D eigenvalue weighted by Gasteiger charge is 2.64. The molecule has 2 aromatic heterocycles. The SMILES string of the molecule is COc1cc(OC)c2c(c1Cl)O[C@@]1(C(=O)C3=C(C[C@H]1C)Nc1c(c(=O)n(C)c(=O)n1C)[C@H]3c1ccc(-c3ccc(Cl)cc3)o1)C2=O. The second-order valence-corrected chi connectivity index (χ2v) is 12.3. The number of furan rings is 1. The first-order chi connectivity index (χ1) is 21.9. The fraction of sp³-hybridized carbons (Fsp3) is 0.273. The number of nitrogens with one attached hydrogen (secondary N) is 1. The van der Waals surface area contributed by atoms with Crippen molar-refractivity contribution >= 4 is 40.6 Å². The Balaban J connectivity index is 1.45. The zero-order chi connectivity index (χ0) is 32.8. The summed E-state index contributed by atoms with van der Waals surface area (Å²) in [5.74, 6) is -1.80. The van der Waals surface area contributed by atoms with Gasteiger partial charge in [0.2, 0.25) is 17.2 Å². The number of ketones is 2. The van der Waals surface area contributed by atoms with Gasteiger partial charge in [-0.2, -0.15) is 0 Å². The molecule has 4 heterocycles. The molecule has 236 valence electrons. The maximum absolute atomic E-state index is 15.0. The molecule has 3 atom stereocenters. The van der Waals surface area contributed by atoms with Crippen LogP contribution in [0.3, 0.4) is 0 Å². The van der Waals surface area contributed by atoms with Crippen molar-refractivity contribution in [3.05, 3.63) is 102 Å². The fourth-order valence-electron chi connectivity index (χ4n) is 6.75. The van der Waals surface area contributed by atoms with Crippen molar-refractivity contribution in [1.29, 1.82) is 0 Å². The van der Waals surface area contributed by atoms with E-state index in [0.29, 0.717) is 22.0 Å². The van der Waals surface area contributed by atoms with Crippen LogP contribution in [0.4, 0.5) is 5.82 Å². The molecule has 4 aromatic rings. The highest BCUT2D eigenvalue weighted by Crippen LogP contribution is 2.56. The zero-order valence-electron chi connectivity index (χ0n) is 25.3. The molecule has 0 saturated heterocycles. The van der Waals surface area contributed by atoms with E-state index in [1.165, 1.54) is 38.9 Å². The number of hydrogen-bond donors (Lipinski definition) is 1. The van der Waals surface area contributed by atoms with Crippen LogP contribution < -0.4 is 30.8 Å². The van der Waals surface area contributed by atoms with Crippen LogP contribution >= 0.6 is 23.2 Å². The number of allylic oxidation sites excluding steroid dienone is 1. The number of carbonyl (C=O) groups excluding carboxylic acids is 2. The lowest BCUT2D eigenvalue weighted by Crippen LogP contribution is -2.58. The van der Waals surface area contributed by atoms with Crippen LogP contribution in [-0.2, 0) is 18.9 Å². The molecule has 1 spiro atoms. The van der Waals surface area contributed by atoms with E-state index in [9.17, 15) is 14.4 Å².